The van der Waals surface area contributed by atoms with Crippen LogP contribution >= 0.6 is 38.5 Å². The van der Waals surface area contributed by atoms with Crippen LogP contribution in [0.15, 0.2) is 63.8 Å². The van der Waals surface area contributed by atoms with E-state index in [-0.39, 0.29) is 5.75 Å². The molecule has 0 bridgehead atoms. The SMILES string of the molecule is C=CC(O)(I)c1cc(O)ccc1N=Nc1ccc(OC)cc1Br. The molecule has 0 aliphatic rings. The van der Waals surface area contributed by atoms with Gasteiger partial charge in [-0.15, -0.1) is 5.11 Å². The Balaban J connectivity index is 2.42. The molecular formula is C16H14BrIN2O3. The van der Waals surface area contributed by atoms with Crippen molar-refractivity contribution >= 4 is 49.9 Å². The van der Waals surface area contributed by atoms with E-state index in [2.05, 4.69) is 32.7 Å². The second-order valence-corrected chi connectivity index (χ2v) is 7.10. The van der Waals surface area contributed by atoms with Gasteiger partial charge in [0, 0.05) is 10.0 Å². The molecule has 0 saturated carbocycles. The van der Waals surface area contributed by atoms with Gasteiger partial charge in [0.2, 0.25) is 0 Å². The Morgan fingerprint density at radius 1 is 1.22 bits per heavy atom. The Kier molecular flexibility index (Phi) is 5.77. The van der Waals surface area contributed by atoms with Gasteiger partial charge in [-0.3, -0.25) is 0 Å². The number of hydrogen-bond donors (Lipinski definition) is 2. The van der Waals surface area contributed by atoms with Crippen LogP contribution in [0.25, 0.3) is 0 Å². The molecule has 2 aromatic rings. The summed E-state index contributed by atoms with van der Waals surface area (Å²) in [4.78, 5) is 0. The molecule has 2 rings (SSSR count). The summed E-state index contributed by atoms with van der Waals surface area (Å²) in [6, 6.07) is 9.82. The molecule has 1 unspecified atom stereocenters. The number of aromatic hydroxyl groups is 1. The fraction of sp³-hybridized carbons (Fsp3) is 0.125. The molecule has 1 atom stereocenters. The highest BCUT2D eigenvalue weighted by atomic mass is 127. The Labute approximate surface area is 156 Å². The molecule has 0 spiro atoms. The minimum Gasteiger partial charge on any atom is -0.508 e. The van der Waals surface area contributed by atoms with Crippen LogP contribution in [0.3, 0.4) is 0 Å². The molecular weight excluding hydrogens is 475 g/mol. The lowest BCUT2D eigenvalue weighted by atomic mass is 10.1. The maximum Gasteiger partial charge on any atom is 0.161 e. The van der Waals surface area contributed by atoms with Gasteiger partial charge in [-0.25, -0.2) is 0 Å². The average Bonchev–Trinajstić information content (AvgIpc) is 2.54. The van der Waals surface area contributed by atoms with Crippen molar-refractivity contribution in [1.29, 1.82) is 0 Å². The zero-order valence-electron chi connectivity index (χ0n) is 12.2. The van der Waals surface area contributed by atoms with Gasteiger partial charge in [0.05, 0.1) is 12.8 Å². The van der Waals surface area contributed by atoms with Gasteiger partial charge in [0.25, 0.3) is 0 Å². The molecule has 0 fully saturated rings. The van der Waals surface area contributed by atoms with E-state index in [0.717, 1.165) is 4.47 Å². The summed E-state index contributed by atoms with van der Waals surface area (Å²) in [5.74, 6) is 0.732. The second-order valence-electron chi connectivity index (χ2n) is 4.60. The minimum atomic E-state index is -1.36. The highest BCUT2D eigenvalue weighted by Gasteiger charge is 2.25. The molecule has 0 saturated heterocycles. The van der Waals surface area contributed by atoms with Gasteiger partial charge in [0.1, 0.15) is 17.2 Å². The molecule has 23 heavy (non-hydrogen) atoms. The van der Waals surface area contributed by atoms with Crippen molar-refractivity contribution in [2.24, 2.45) is 10.2 Å². The van der Waals surface area contributed by atoms with Gasteiger partial charge < -0.3 is 14.9 Å². The normalized spacial score (nSPS) is 13.7. The van der Waals surface area contributed by atoms with Crippen LogP contribution in [-0.2, 0) is 3.61 Å². The van der Waals surface area contributed by atoms with Crippen molar-refractivity contribution in [3.8, 4) is 11.5 Å². The highest BCUT2D eigenvalue weighted by Crippen LogP contribution is 2.39. The van der Waals surface area contributed by atoms with E-state index in [1.807, 2.05) is 22.6 Å². The summed E-state index contributed by atoms with van der Waals surface area (Å²) in [7, 11) is 1.59. The number of hydrogen-bond acceptors (Lipinski definition) is 5. The monoisotopic (exact) mass is 488 g/mol. The summed E-state index contributed by atoms with van der Waals surface area (Å²) >= 11 is 5.22. The number of phenolic OH excluding ortho intramolecular Hbond substituents is 1. The summed E-state index contributed by atoms with van der Waals surface area (Å²) in [5.41, 5.74) is 1.45. The van der Waals surface area contributed by atoms with Crippen molar-refractivity contribution in [1.82, 2.24) is 0 Å². The number of rotatable bonds is 5. The van der Waals surface area contributed by atoms with E-state index < -0.39 is 3.61 Å². The average molecular weight is 489 g/mol. The number of nitrogens with zero attached hydrogens (tertiary/aromatic N) is 2. The fourth-order valence-electron chi connectivity index (χ4n) is 1.81. The minimum absolute atomic E-state index is 0.0292. The third-order valence-corrected chi connectivity index (χ3v) is 4.71. The predicted molar refractivity (Wildman–Crippen MR) is 101 cm³/mol. The lowest BCUT2D eigenvalue weighted by Gasteiger charge is -2.18. The van der Waals surface area contributed by atoms with E-state index in [0.29, 0.717) is 22.7 Å². The van der Waals surface area contributed by atoms with E-state index in [9.17, 15) is 10.2 Å². The number of phenols is 1. The number of aliphatic hydroxyl groups is 1. The Morgan fingerprint density at radius 3 is 2.48 bits per heavy atom. The summed E-state index contributed by atoms with van der Waals surface area (Å²) < 4.78 is 4.50. The van der Waals surface area contributed by atoms with Gasteiger partial charge in [0.15, 0.2) is 3.61 Å². The van der Waals surface area contributed by atoms with Gasteiger partial charge in [-0.1, -0.05) is 6.58 Å². The zero-order chi connectivity index (χ0) is 17.0. The molecule has 2 aromatic carbocycles. The van der Waals surface area contributed by atoms with Crippen LogP contribution in [0.5, 0.6) is 11.5 Å². The largest absolute Gasteiger partial charge is 0.508 e. The topological polar surface area (TPSA) is 74.4 Å². The number of methoxy groups -OCH3 is 1. The van der Waals surface area contributed by atoms with Crippen LogP contribution in [-0.4, -0.2) is 17.3 Å². The van der Waals surface area contributed by atoms with Crippen LogP contribution < -0.4 is 4.74 Å². The number of benzene rings is 2. The van der Waals surface area contributed by atoms with E-state index in [1.54, 1.807) is 31.4 Å². The lowest BCUT2D eigenvalue weighted by Crippen LogP contribution is -2.12. The van der Waals surface area contributed by atoms with Crippen LogP contribution in [0.4, 0.5) is 11.4 Å². The first kappa shape index (κ1) is 17.9. The van der Waals surface area contributed by atoms with Gasteiger partial charge in [-0.05, 0) is 81.0 Å². The molecule has 0 aromatic heterocycles. The Bertz CT molecular complexity index is 763. The quantitative estimate of drug-likeness (QED) is 0.258. The molecule has 7 heteroatoms. The molecule has 0 aliphatic carbocycles. The molecule has 0 heterocycles. The third kappa shape index (κ3) is 4.30. The van der Waals surface area contributed by atoms with E-state index in [4.69, 9.17) is 4.74 Å². The van der Waals surface area contributed by atoms with Crippen molar-refractivity contribution in [3.63, 3.8) is 0 Å². The van der Waals surface area contributed by atoms with Crippen molar-refractivity contribution in [2.45, 2.75) is 3.61 Å². The maximum absolute atomic E-state index is 10.3. The molecule has 0 radical (unpaired) electrons. The predicted octanol–water partition coefficient (Wildman–Crippen LogP) is 5.34. The number of ether oxygens (including phenoxy) is 1. The van der Waals surface area contributed by atoms with E-state index in [1.165, 1.54) is 18.2 Å². The van der Waals surface area contributed by atoms with Crippen LogP contribution in [0.1, 0.15) is 5.56 Å². The fourth-order valence-corrected chi connectivity index (χ4v) is 2.67. The standard InChI is InChI=1S/C16H14BrIN2O3/c1-3-16(18,22)12-8-10(21)4-6-14(12)19-20-15-7-5-11(23-2)9-13(15)17/h3-9,21-22H,1H2,2H3. The Hall–Kier alpha value is -1.45. The van der Waals surface area contributed by atoms with Crippen molar-refractivity contribution in [2.75, 3.05) is 7.11 Å². The third-order valence-electron chi connectivity index (χ3n) is 3.05. The summed E-state index contributed by atoms with van der Waals surface area (Å²) in [6.45, 7) is 3.60. The van der Waals surface area contributed by atoms with Gasteiger partial charge >= 0.3 is 0 Å². The molecule has 2 N–H and O–H groups in total. The number of halogens is 2. The van der Waals surface area contributed by atoms with Gasteiger partial charge in [-0.2, -0.15) is 5.11 Å². The highest BCUT2D eigenvalue weighted by molar-refractivity contribution is 14.1. The Morgan fingerprint density at radius 2 is 1.87 bits per heavy atom. The first-order valence-corrected chi connectivity index (χ1v) is 8.38. The molecule has 0 aliphatic heterocycles. The van der Waals surface area contributed by atoms with Crippen LogP contribution in [0.2, 0.25) is 0 Å². The van der Waals surface area contributed by atoms with E-state index >= 15 is 0 Å². The number of azo groups is 1. The smallest absolute Gasteiger partial charge is 0.161 e. The van der Waals surface area contributed by atoms with Crippen molar-refractivity contribution in [3.05, 3.63) is 59.1 Å². The van der Waals surface area contributed by atoms with Crippen molar-refractivity contribution < 1.29 is 14.9 Å². The maximum atomic E-state index is 10.3. The van der Waals surface area contributed by atoms with Crippen LogP contribution in [0, 0.1) is 0 Å². The summed E-state index contributed by atoms with van der Waals surface area (Å²) in [5, 5.41) is 28.4. The zero-order valence-corrected chi connectivity index (χ0v) is 15.9. The summed E-state index contributed by atoms with van der Waals surface area (Å²) in [6.07, 6.45) is 1.37. The lowest BCUT2D eigenvalue weighted by molar-refractivity contribution is 0.209. The second kappa shape index (κ2) is 7.41. The number of alkyl halides is 1. The first-order valence-electron chi connectivity index (χ1n) is 6.51. The first-order chi connectivity index (χ1) is 10.9. The molecule has 5 nitrogen and oxygen atoms in total. The molecule has 120 valence electrons. The molecule has 0 amide bonds.